The summed E-state index contributed by atoms with van der Waals surface area (Å²) in [5, 5.41) is 4.23. The van der Waals surface area contributed by atoms with Gasteiger partial charge in [0.25, 0.3) is 5.91 Å². The Hall–Kier alpha value is -2.79. The Balaban J connectivity index is 1.70. The Morgan fingerprint density at radius 1 is 1.28 bits per heavy atom. The van der Waals surface area contributed by atoms with Crippen molar-refractivity contribution < 1.29 is 9.59 Å². The van der Waals surface area contributed by atoms with Gasteiger partial charge < -0.3 is 15.2 Å². The van der Waals surface area contributed by atoms with Crippen LogP contribution in [-0.2, 0) is 17.9 Å². The summed E-state index contributed by atoms with van der Waals surface area (Å²) in [4.78, 5) is 28.7. The van der Waals surface area contributed by atoms with Crippen LogP contribution in [0.15, 0.2) is 42.5 Å². The number of aromatic amines is 1. The van der Waals surface area contributed by atoms with Gasteiger partial charge in [0, 0.05) is 29.1 Å². The van der Waals surface area contributed by atoms with Crippen LogP contribution in [0.4, 0.5) is 5.69 Å². The number of benzene rings is 2. The zero-order chi connectivity index (χ0) is 17.6. The van der Waals surface area contributed by atoms with E-state index >= 15 is 0 Å². The molecule has 1 aromatic heterocycles. The van der Waals surface area contributed by atoms with Crippen molar-refractivity contribution in [3.8, 4) is 0 Å². The molecular formula is C19H16ClN3O2. The molecule has 0 unspecified atom stereocenters. The van der Waals surface area contributed by atoms with Gasteiger partial charge in [0.1, 0.15) is 0 Å². The zero-order valence-electron chi connectivity index (χ0n) is 13.6. The molecular weight excluding hydrogens is 338 g/mol. The maximum absolute atomic E-state index is 12.7. The molecule has 0 atom stereocenters. The van der Waals surface area contributed by atoms with Crippen LogP contribution in [0.1, 0.15) is 28.5 Å². The Morgan fingerprint density at radius 3 is 2.84 bits per heavy atom. The van der Waals surface area contributed by atoms with Crippen LogP contribution in [0, 0.1) is 0 Å². The SMILES string of the molecule is CC(=O)NCc1cc2cc(Cl)c(N3Cc4ccccc4C3=O)cc2[nH]1. The minimum absolute atomic E-state index is 0.0399. The number of hydrogen-bond acceptors (Lipinski definition) is 2. The number of hydrogen-bond donors (Lipinski definition) is 2. The average Bonchev–Trinajstić information content (AvgIpc) is 3.13. The van der Waals surface area contributed by atoms with Crippen LogP contribution in [0.25, 0.3) is 10.9 Å². The number of carbonyl (C=O) groups excluding carboxylic acids is 2. The van der Waals surface area contributed by atoms with Crippen molar-refractivity contribution in [3.05, 3.63) is 64.3 Å². The standard InChI is InChI=1S/C19H16ClN3O2/c1-11(24)21-9-14-6-13-7-16(20)18(8-17(13)22-14)23-10-12-4-2-3-5-15(12)19(23)25/h2-8,22H,9-10H2,1H3,(H,21,24). The van der Waals surface area contributed by atoms with Gasteiger partial charge in [-0.05, 0) is 29.8 Å². The minimum Gasteiger partial charge on any atom is -0.357 e. The topological polar surface area (TPSA) is 65.2 Å². The summed E-state index contributed by atoms with van der Waals surface area (Å²) in [6, 6.07) is 13.3. The number of halogens is 1. The summed E-state index contributed by atoms with van der Waals surface area (Å²) in [5.41, 5.74) is 4.17. The highest BCUT2D eigenvalue weighted by molar-refractivity contribution is 6.35. The second-order valence-corrected chi connectivity index (χ2v) is 6.55. The molecule has 0 fully saturated rings. The maximum Gasteiger partial charge on any atom is 0.258 e. The third-order valence-corrected chi connectivity index (χ3v) is 4.69. The van der Waals surface area contributed by atoms with E-state index in [1.54, 1.807) is 4.90 Å². The summed E-state index contributed by atoms with van der Waals surface area (Å²) >= 11 is 6.45. The minimum atomic E-state index is -0.0854. The highest BCUT2D eigenvalue weighted by atomic mass is 35.5. The van der Waals surface area contributed by atoms with Crippen LogP contribution >= 0.6 is 11.6 Å². The van der Waals surface area contributed by atoms with Crippen molar-refractivity contribution in [2.75, 3.05) is 4.90 Å². The molecule has 2 N–H and O–H groups in total. The molecule has 3 aromatic rings. The lowest BCUT2D eigenvalue weighted by Crippen LogP contribution is -2.23. The predicted molar refractivity (Wildman–Crippen MR) is 97.8 cm³/mol. The highest BCUT2D eigenvalue weighted by Gasteiger charge is 2.29. The van der Waals surface area contributed by atoms with Gasteiger partial charge in [0.05, 0.1) is 23.8 Å². The molecule has 5 nitrogen and oxygen atoms in total. The van der Waals surface area contributed by atoms with E-state index in [4.69, 9.17) is 11.6 Å². The second-order valence-electron chi connectivity index (χ2n) is 6.14. The molecule has 25 heavy (non-hydrogen) atoms. The normalized spacial score (nSPS) is 13.4. The number of H-pyrrole nitrogens is 1. The van der Waals surface area contributed by atoms with Crippen LogP contribution in [-0.4, -0.2) is 16.8 Å². The third-order valence-electron chi connectivity index (χ3n) is 4.38. The van der Waals surface area contributed by atoms with Crippen molar-refractivity contribution in [2.45, 2.75) is 20.0 Å². The predicted octanol–water partition coefficient (Wildman–Crippen LogP) is 3.62. The number of fused-ring (bicyclic) bond motifs is 2. The first kappa shape index (κ1) is 15.7. The molecule has 2 amide bonds. The molecule has 0 spiro atoms. The summed E-state index contributed by atoms with van der Waals surface area (Å²) in [7, 11) is 0. The average molecular weight is 354 g/mol. The van der Waals surface area contributed by atoms with Gasteiger partial charge in [0.2, 0.25) is 5.91 Å². The van der Waals surface area contributed by atoms with Crippen LogP contribution in [0.5, 0.6) is 0 Å². The number of rotatable bonds is 3. The largest absolute Gasteiger partial charge is 0.357 e. The Bertz CT molecular complexity index is 1010. The van der Waals surface area contributed by atoms with E-state index in [9.17, 15) is 9.59 Å². The van der Waals surface area contributed by atoms with Gasteiger partial charge in [-0.2, -0.15) is 0 Å². The maximum atomic E-state index is 12.7. The third kappa shape index (κ3) is 2.76. The summed E-state index contributed by atoms with van der Waals surface area (Å²) in [6.07, 6.45) is 0. The van der Waals surface area contributed by atoms with Gasteiger partial charge in [-0.25, -0.2) is 0 Å². The molecule has 0 saturated heterocycles. The molecule has 0 aliphatic carbocycles. The first-order chi connectivity index (χ1) is 12.0. The number of nitrogens with zero attached hydrogens (tertiary/aromatic N) is 1. The molecule has 4 rings (SSSR count). The lowest BCUT2D eigenvalue weighted by Gasteiger charge is -2.17. The Kier molecular flexibility index (Phi) is 3.73. The molecule has 2 heterocycles. The van der Waals surface area contributed by atoms with Crippen molar-refractivity contribution in [1.29, 1.82) is 0 Å². The lowest BCUT2D eigenvalue weighted by atomic mass is 10.1. The molecule has 1 aliphatic heterocycles. The van der Waals surface area contributed by atoms with Crippen LogP contribution < -0.4 is 10.2 Å². The van der Waals surface area contributed by atoms with Gasteiger partial charge in [-0.15, -0.1) is 0 Å². The van der Waals surface area contributed by atoms with E-state index in [1.807, 2.05) is 42.5 Å². The Morgan fingerprint density at radius 2 is 2.08 bits per heavy atom. The number of carbonyl (C=O) groups is 2. The van der Waals surface area contributed by atoms with Gasteiger partial charge in [-0.3, -0.25) is 9.59 Å². The molecule has 6 heteroatoms. The molecule has 0 bridgehead atoms. The summed E-state index contributed by atoms with van der Waals surface area (Å²) < 4.78 is 0. The fourth-order valence-electron chi connectivity index (χ4n) is 3.17. The fourth-order valence-corrected chi connectivity index (χ4v) is 3.45. The molecule has 2 aromatic carbocycles. The number of nitrogens with one attached hydrogen (secondary N) is 2. The van der Waals surface area contributed by atoms with E-state index in [0.717, 1.165) is 27.7 Å². The van der Waals surface area contributed by atoms with E-state index in [2.05, 4.69) is 10.3 Å². The van der Waals surface area contributed by atoms with E-state index in [1.165, 1.54) is 6.92 Å². The van der Waals surface area contributed by atoms with Crippen molar-refractivity contribution in [2.24, 2.45) is 0 Å². The Labute approximate surface area is 149 Å². The van der Waals surface area contributed by atoms with E-state index < -0.39 is 0 Å². The zero-order valence-corrected chi connectivity index (χ0v) is 14.4. The molecule has 1 aliphatic rings. The second kappa shape index (κ2) is 5.93. The van der Waals surface area contributed by atoms with Gasteiger partial charge >= 0.3 is 0 Å². The van der Waals surface area contributed by atoms with E-state index in [-0.39, 0.29) is 11.8 Å². The van der Waals surface area contributed by atoms with Crippen molar-refractivity contribution in [3.63, 3.8) is 0 Å². The van der Waals surface area contributed by atoms with Crippen LogP contribution in [0.3, 0.4) is 0 Å². The first-order valence-corrected chi connectivity index (χ1v) is 8.36. The van der Waals surface area contributed by atoms with Gasteiger partial charge in [-0.1, -0.05) is 29.8 Å². The van der Waals surface area contributed by atoms with Crippen molar-refractivity contribution in [1.82, 2.24) is 10.3 Å². The highest BCUT2D eigenvalue weighted by Crippen LogP contribution is 2.36. The van der Waals surface area contributed by atoms with Crippen LogP contribution in [0.2, 0.25) is 5.02 Å². The van der Waals surface area contributed by atoms with E-state index in [0.29, 0.717) is 23.8 Å². The number of aromatic nitrogens is 1. The summed E-state index contributed by atoms with van der Waals surface area (Å²) in [6.45, 7) is 2.42. The summed E-state index contributed by atoms with van der Waals surface area (Å²) in [5.74, 6) is -0.125. The lowest BCUT2D eigenvalue weighted by molar-refractivity contribution is -0.119. The number of anilines is 1. The van der Waals surface area contributed by atoms with Crippen molar-refractivity contribution >= 4 is 40.0 Å². The van der Waals surface area contributed by atoms with Gasteiger partial charge in [0.15, 0.2) is 0 Å². The smallest absolute Gasteiger partial charge is 0.258 e. The number of amides is 2. The fraction of sp³-hybridized carbons (Fsp3) is 0.158. The monoisotopic (exact) mass is 353 g/mol. The molecule has 126 valence electrons. The first-order valence-electron chi connectivity index (χ1n) is 7.98. The molecule has 0 saturated carbocycles. The molecule has 0 radical (unpaired) electrons. The quantitative estimate of drug-likeness (QED) is 0.755.